The Morgan fingerprint density at radius 1 is 1.07 bits per heavy atom. The number of methoxy groups -OCH3 is 1. The molecular formula is C31H27Cl2N3O4. The molecular weight excluding hydrogens is 549 g/mol. The zero-order valence-corrected chi connectivity index (χ0v) is 23.9. The molecule has 40 heavy (non-hydrogen) atoms. The molecule has 0 saturated carbocycles. The lowest BCUT2D eigenvalue weighted by molar-refractivity contribution is 0.102. The predicted octanol–water partition coefficient (Wildman–Crippen LogP) is 7.37. The Kier molecular flexibility index (Phi) is 7.45. The summed E-state index contributed by atoms with van der Waals surface area (Å²) in [5, 5.41) is 11.1. The number of hydrogen-bond acceptors (Lipinski definition) is 6. The second kappa shape index (κ2) is 10.8. The van der Waals surface area contributed by atoms with Gasteiger partial charge in [-0.05, 0) is 81.3 Å². The highest BCUT2D eigenvalue weighted by molar-refractivity contribution is 6.39. The van der Waals surface area contributed by atoms with Crippen molar-refractivity contribution in [1.82, 2.24) is 10.5 Å². The Labute approximate surface area is 242 Å². The topological polar surface area (TPSA) is 93.5 Å². The van der Waals surface area contributed by atoms with Crippen LogP contribution in [0.4, 0.5) is 5.69 Å². The Morgan fingerprint density at radius 3 is 2.45 bits per heavy atom. The van der Waals surface area contributed by atoms with Crippen molar-refractivity contribution in [2.45, 2.75) is 32.7 Å². The molecule has 2 heterocycles. The SMILES string of the molecule is COc1ccc2c(c1)/C(=C/C(=O)c1ccc(NC(=O)c3c(-c4c(Cl)cccc4Cl)noc3C)cc1)NC(C)(C)C2. The maximum Gasteiger partial charge on any atom is 0.261 e. The fourth-order valence-electron chi connectivity index (χ4n) is 4.81. The summed E-state index contributed by atoms with van der Waals surface area (Å²) in [5.74, 6) is 0.436. The Bertz CT molecular complexity index is 1640. The minimum absolute atomic E-state index is 0.169. The normalized spacial score (nSPS) is 14.8. The van der Waals surface area contributed by atoms with Crippen molar-refractivity contribution in [2.24, 2.45) is 0 Å². The van der Waals surface area contributed by atoms with Gasteiger partial charge in [-0.1, -0.05) is 40.5 Å². The summed E-state index contributed by atoms with van der Waals surface area (Å²) in [5.41, 5.74) is 4.47. The van der Waals surface area contributed by atoms with Crippen LogP contribution in [0, 0.1) is 6.92 Å². The highest BCUT2D eigenvalue weighted by atomic mass is 35.5. The van der Waals surface area contributed by atoms with E-state index in [1.54, 1.807) is 62.6 Å². The van der Waals surface area contributed by atoms with Crippen LogP contribution in [0.5, 0.6) is 5.75 Å². The second-order valence-electron chi connectivity index (χ2n) is 10.2. The van der Waals surface area contributed by atoms with Gasteiger partial charge in [-0.15, -0.1) is 0 Å². The number of aromatic nitrogens is 1. The quantitative estimate of drug-likeness (QED) is 0.184. The van der Waals surface area contributed by atoms with E-state index in [4.69, 9.17) is 32.5 Å². The summed E-state index contributed by atoms with van der Waals surface area (Å²) < 4.78 is 10.7. The molecule has 2 N–H and O–H groups in total. The minimum Gasteiger partial charge on any atom is -0.497 e. The number of rotatable bonds is 6. The largest absolute Gasteiger partial charge is 0.497 e. The van der Waals surface area contributed by atoms with Crippen LogP contribution < -0.4 is 15.4 Å². The van der Waals surface area contributed by atoms with Crippen molar-refractivity contribution in [2.75, 3.05) is 12.4 Å². The summed E-state index contributed by atoms with van der Waals surface area (Å²) in [6, 6.07) is 17.6. The van der Waals surface area contributed by atoms with Gasteiger partial charge < -0.3 is 19.9 Å². The molecule has 0 fully saturated rings. The first-order valence-corrected chi connectivity index (χ1v) is 13.4. The first-order chi connectivity index (χ1) is 19.1. The summed E-state index contributed by atoms with van der Waals surface area (Å²) in [4.78, 5) is 26.5. The lowest BCUT2D eigenvalue weighted by Crippen LogP contribution is -2.43. The van der Waals surface area contributed by atoms with Gasteiger partial charge in [0.05, 0.1) is 17.2 Å². The summed E-state index contributed by atoms with van der Waals surface area (Å²) in [6.07, 6.45) is 2.43. The number of allylic oxidation sites excluding steroid dienone is 1. The van der Waals surface area contributed by atoms with Gasteiger partial charge in [0.25, 0.3) is 5.91 Å². The number of amides is 1. The molecule has 0 aliphatic carbocycles. The number of nitrogens with zero attached hydrogens (tertiary/aromatic N) is 1. The average molecular weight is 576 g/mol. The van der Waals surface area contributed by atoms with Gasteiger partial charge in [-0.3, -0.25) is 9.59 Å². The lowest BCUT2D eigenvalue weighted by atomic mass is 9.85. The van der Waals surface area contributed by atoms with Crippen molar-refractivity contribution in [3.05, 3.63) is 105 Å². The highest BCUT2D eigenvalue weighted by Gasteiger charge is 2.29. The molecule has 0 atom stereocenters. The van der Waals surface area contributed by atoms with Crippen LogP contribution in [0.15, 0.2) is 71.3 Å². The first-order valence-electron chi connectivity index (χ1n) is 12.6. The highest BCUT2D eigenvalue weighted by Crippen LogP contribution is 2.37. The van der Waals surface area contributed by atoms with Gasteiger partial charge in [-0.2, -0.15) is 0 Å². The van der Waals surface area contributed by atoms with E-state index in [-0.39, 0.29) is 22.6 Å². The van der Waals surface area contributed by atoms with E-state index in [0.717, 1.165) is 29.0 Å². The third-order valence-corrected chi connectivity index (χ3v) is 7.33. The molecule has 204 valence electrons. The molecule has 3 aromatic carbocycles. The molecule has 0 bridgehead atoms. The lowest BCUT2D eigenvalue weighted by Gasteiger charge is -2.35. The van der Waals surface area contributed by atoms with E-state index in [9.17, 15) is 9.59 Å². The molecule has 7 nitrogen and oxygen atoms in total. The predicted molar refractivity (Wildman–Crippen MR) is 157 cm³/mol. The van der Waals surface area contributed by atoms with Crippen LogP contribution >= 0.6 is 23.2 Å². The van der Waals surface area contributed by atoms with Gasteiger partial charge in [0.1, 0.15) is 22.8 Å². The monoisotopic (exact) mass is 575 g/mol. The van der Waals surface area contributed by atoms with Gasteiger partial charge >= 0.3 is 0 Å². The van der Waals surface area contributed by atoms with Gasteiger partial charge in [0.15, 0.2) is 5.78 Å². The molecule has 1 aromatic heterocycles. The third-order valence-electron chi connectivity index (χ3n) is 6.70. The van der Waals surface area contributed by atoms with E-state index in [2.05, 4.69) is 29.6 Å². The summed E-state index contributed by atoms with van der Waals surface area (Å²) in [7, 11) is 1.62. The van der Waals surface area contributed by atoms with Crippen LogP contribution in [0.25, 0.3) is 17.0 Å². The number of aryl methyl sites for hydroxylation is 1. The van der Waals surface area contributed by atoms with Crippen LogP contribution in [0.3, 0.4) is 0 Å². The van der Waals surface area contributed by atoms with E-state index < -0.39 is 5.91 Å². The standard InChI is InChI=1S/C31H27Cl2N3O4/c1-17-27(29(36-40-17)28-23(32)6-5-7-24(28)33)30(38)34-20-11-8-18(9-12-20)26(37)15-25-22-14-21(39-4)13-10-19(22)16-31(2,3)35-25/h5-15,35H,16H2,1-4H3,(H,34,38)/b25-15-. The van der Waals surface area contributed by atoms with Crippen molar-refractivity contribution < 1.29 is 18.8 Å². The van der Waals surface area contributed by atoms with Crippen LogP contribution in [-0.2, 0) is 6.42 Å². The number of ketones is 1. The molecule has 0 spiro atoms. The van der Waals surface area contributed by atoms with Gasteiger partial charge in [0, 0.05) is 39.7 Å². The Morgan fingerprint density at radius 2 is 1.77 bits per heavy atom. The number of carbonyl (C=O) groups excluding carboxylic acids is 2. The summed E-state index contributed by atoms with van der Waals surface area (Å²) in [6.45, 7) is 5.83. The number of nitrogens with one attached hydrogen (secondary N) is 2. The fraction of sp³-hybridized carbons (Fsp3) is 0.194. The number of ether oxygens (including phenoxy) is 1. The Hall–Kier alpha value is -4.07. The molecule has 4 aromatic rings. The van der Waals surface area contributed by atoms with Crippen molar-refractivity contribution in [3.63, 3.8) is 0 Å². The second-order valence-corrected chi connectivity index (χ2v) is 11.0. The maximum atomic E-state index is 13.2. The number of carbonyl (C=O) groups is 2. The number of fused-ring (bicyclic) bond motifs is 1. The van der Waals surface area contributed by atoms with E-state index in [0.29, 0.717) is 32.6 Å². The number of hydrogen-bond donors (Lipinski definition) is 2. The molecule has 5 rings (SSSR count). The molecule has 9 heteroatoms. The smallest absolute Gasteiger partial charge is 0.261 e. The zero-order chi connectivity index (χ0) is 28.6. The molecule has 1 aliphatic rings. The molecule has 0 radical (unpaired) electrons. The van der Waals surface area contributed by atoms with Gasteiger partial charge in [-0.25, -0.2) is 0 Å². The zero-order valence-electron chi connectivity index (χ0n) is 22.4. The van der Waals surface area contributed by atoms with E-state index in [1.165, 1.54) is 0 Å². The molecule has 0 unspecified atom stereocenters. The van der Waals surface area contributed by atoms with Crippen molar-refractivity contribution >= 4 is 46.3 Å². The van der Waals surface area contributed by atoms with Gasteiger partial charge in [0.2, 0.25) is 0 Å². The van der Waals surface area contributed by atoms with Crippen molar-refractivity contribution in [3.8, 4) is 17.0 Å². The number of halogens is 2. The van der Waals surface area contributed by atoms with E-state index in [1.807, 2.05) is 18.2 Å². The minimum atomic E-state index is -0.440. The van der Waals surface area contributed by atoms with Crippen LogP contribution in [0.2, 0.25) is 10.0 Å². The fourth-order valence-corrected chi connectivity index (χ4v) is 5.39. The number of anilines is 1. The summed E-state index contributed by atoms with van der Waals surface area (Å²) >= 11 is 12.7. The maximum absolute atomic E-state index is 13.2. The average Bonchev–Trinajstić information content (AvgIpc) is 3.29. The molecule has 0 saturated heterocycles. The van der Waals surface area contributed by atoms with Crippen LogP contribution in [-0.4, -0.2) is 29.5 Å². The first kappa shape index (κ1) is 27.5. The van der Waals surface area contributed by atoms with Crippen molar-refractivity contribution in [1.29, 1.82) is 0 Å². The molecule has 1 aliphatic heterocycles. The number of benzene rings is 3. The molecule has 1 amide bonds. The Balaban J connectivity index is 1.38. The van der Waals surface area contributed by atoms with E-state index >= 15 is 0 Å². The third kappa shape index (κ3) is 5.48. The van der Waals surface area contributed by atoms with Crippen LogP contribution in [0.1, 0.15) is 51.5 Å².